The second-order valence-electron chi connectivity index (χ2n) is 8.40. The first-order chi connectivity index (χ1) is 17.2. The van der Waals surface area contributed by atoms with Gasteiger partial charge in [-0.2, -0.15) is 0 Å². The molecule has 3 aromatic carbocycles. The van der Waals surface area contributed by atoms with Gasteiger partial charge in [0.2, 0.25) is 0 Å². The molecule has 1 heterocycles. The number of anilines is 1. The van der Waals surface area contributed by atoms with Crippen LogP contribution in [-0.4, -0.2) is 51.0 Å². The van der Waals surface area contributed by atoms with Gasteiger partial charge in [0.1, 0.15) is 12.1 Å². The van der Waals surface area contributed by atoms with Crippen molar-refractivity contribution in [3.05, 3.63) is 89.7 Å². The summed E-state index contributed by atoms with van der Waals surface area (Å²) in [5.41, 5.74) is 1.33. The summed E-state index contributed by atoms with van der Waals surface area (Å²) in [6.07, 6.45) is -0.475. The SMILES string of the molecule is COC(=O)C1CC(Oc2ccccc2F)CN1C(=O)c1ccc(NS(=O)(=O)c2cccc(C)c2)cc1. The lowest BCUT2D eigenvalue weighted by Crippen LogP contribution is -2.41. The molecule has 0 aromatic heterocycles. The number of sulfonamides is 1. The molecule has 3 aromatic rings. The maximum atomic E-state index is 14.0. The fourth-order valence-electron chi connectivity index (χ4n) is 4.03. The van der Waals surface area contributed by atoms with Gasteiger partial charge in [-0.1, -0.05) is 24.3 Å². The zero-order chi connectivity index (χ0) is 25.9. The molecule has 0 bridgehead atoms. The number of esters is 1. The van der Waals surface area contributed by atoms with Crippen LogP contribution < -0.4 is 9.46 Å². The van der Waals surface area contributed by atoms with Gasteiger partial charge in [-0.25, -0.2) is 17.6 Å². The lowest BCUT2D eigenvalue weighted by Gasteiger charge is -2.22. The van der Waals surface area contributed by atoms with Gasteiger partial charge in [0.15, 0.2) is 11.6 Å². The molecule has 36 heavy (non-hydrogen) atoms. The number of carbonyl (C=O) groups excluding carboxylic acids is 2. The van der Waals surface area contributed by atoms with Crippen LogP contribution in [0.25, 0.3) is 0 Å². The Balaban J connectivity index is 1.49. The molecule has 2 atom stereocenters. The van der Waals surface area contributed by atoms with Crippen LogP contribution in [-0.2, 0) is 19.6 Å². The molecule has 188 valence electrons. The van der Waals surface area contributed by atoms with Crippen LogP contribution in [0.1, 0.15) is 22.3 Å². The van der Waals surface area contributed by atoms with Crippen molar-refractivity contribution in [2.24, 2.45) is 0 Å². The number of nitrogens with zero attached hydrogens (tertiary/aromatic N) is 1. The van der Waals surface area contributed by atoms with Gasteiger partial charge in [-0.3, -0.25) is 9.52 Å². The number of para-hydroxylation sites is 1. The second kappa shape index (κ2) is 10.4. The highest BCUT2D eigenvalue weighted by Gasteiger charge is 2.42. The van der Waals surface area contributed by atoms with Crippen molar-refractivity contribution < 1.29 is 31.9 Å². The largest absolute Gasteiger partial charge is 0.485 e. The van der Waals surface area contributed by atoms with Crippen molar-refractivity contribution in [2.75, 3.05) is 18.4 Å². The molecule has 1 aliphatic rings. The van der Waals surface area contributed by atoms with Crippen molar-refractivity contribution in [1.29, 1.82) is 0 Å². The quantitative estimate of drug-likeness (QED) is 0.484. The summed E-state index contributed by atoms with van der Waals surface area (Å²) in [5.74, 6) is -1.57. The molecule has 1 saturated heterocycles. The van der Waals surface area contributed by atoms with E-state index in [4.69, 9.17) is 9.47 Å². The van der Waals surface area contributed by atoms with E-state index in [9.17, 15) is 22.4 Å². The van der Waals surface area contributed by atoms with E-state index >= 15 is 0 Å². The Labute approximate surface area is 208 Å². The van der Waals surface area contributed by atoms with Crippen molar-refractivity contribution in [2.45, 2.75) is 30.4 Å². The first kappa shape index (κ1) is 25.2. The molecule has 1 N–H and O–H groups in total. The van der Waals surface area contributed by atoms with Gasteiger partial charge >= 0.3 is 5.97 Å². The average Bonchev–Trinajstić information content (AvgIpc) is 3.28. The Morgan fingerprint density at radius 2 is 1.75 bits per heavy atom. The summed E-state index contributed by atoms with van der Waals surface area (Å²) in [6.45, 7) is 1.85. The number of halogens is 1. The molecule has 1 aliphatic heterocycles. The Morgan fingerprint density at radius 1 is 1.03 bits per heavy atom. The Hall–Kier alpha value is -3.92. The van der Waals surface area contributed by atoms with Crippen molar-refractivity contribution in [1.82, 2.24) is 4.90 Å². The summed E-state index contributed by atoms with van der Waals surface area (Å²) in [6, 6.07) is 17.4. The highest BCUT2D eigenvalue weighted by Crippen LogP contribution is 2.27. The summed E-state index contributed by atoms with van der Waals surface area (Å²) in [4.78, 5) is 27.1. The number of nitrogens with one attached hydrogen (secondary N) is 1. The molecule has 10 heteroatoms. The van der Waals surface area contributed by atoms with Gasteiger partial charge in [-0.05, 0) is 61.0 Å². The summed E-state index contributed by atoms with van der Waals surface area (Å²) in [5, 5.41) is 0. The van der Waals surface area contributed by atoms with E-state index in [1.165, 1.54) is 60.5 Å². The second-order valence-corrected chi connectivity index (χ2v) is 10.1. The first-order valence-electron chi connectivity index (χ1n) is 11.2. The number of hydrogen-bond donors (Lipinski definition) is 1. The van der Waals surface area contributed by atoms with Crippen molar-refractivity contribution in [3.8, 4) is 5.75 Å². The predicted molar refractivity (Wildman–Crippen MR) is 131 cm³/mol. The number of likely N-dealkylation sites (tertiary alicyclic amines) is 1. The fourth-order valence-corrected chi connectivity index (χ4v) is 5.19. The van der Waals surface area contributed by atoms with Gasteiger partial charge in [0, 0.05) is 17.7 Å². The minimum absolute atomic E-state index is 0.0330. The smallest absolute Gasteiger partial charge is 0.328 e. The van der Waals surface area contributed by atoms with E-state index in [2.05, 4.69) is 4.72 Å². The number of carbonyl (C=O) groups is 2. The molecule has 0 aliphatic carbocycles. The first-order valence-corrected chi connectivity index (χ1v) is 12.7. The van der Waals surface area contributed by atoms with Crippen molar-refractivity contribution in [3.63, 3.8) is 0 Å². The Bertz CT molecular complexity index is 1380. The molecular formula is C26H25FN2O6S. The number of ether oxygens (including phenoxy) is 2. The normalized spacial score (nSPS) is 17.5. The van der Waals surface area contributed by atoms with Gasteiger partial charge in [-0.15, -0.1) is 0 Å². The van der Waals surface area contributed by atoms with Crippen LogP contribution in [0.2, 0.25) is 0 Å². The molecular weight excluding hydrogens is 487 g/mol. The summed E-state index contributed by atoms with van der Waals surface area (Å²) in [7, 11) is -2.57. The monoisotopic (exact) mass is 512 g/mol. The van der Waals surface area contributed by atoms with Crippen LogP contribution >= 0.6 is 0 Å². The minimum atomic E-state index is -3.80. The number of hydrogen-bond acceptors (Lipinski definition) is 6. The average molecular weight is 513 g/mol. The highest BCUT2D eigenvalue weighted by molar-refractivity contribution is 7.92. The van der Waals surface area contributed by atoms with Crippen LogP contribution in [0, 0.1) is 12.7 Å². The van der Waals surface area contributed by atoms with Crippen molar-refractivity contribution >= 4 is 27.6 Å². The molecule has 0 radical (unpaired) electrons. The molecule has 0 saturated carbocycles. The summed E-state index contributed by atoms with van der Waals surface area (Å²) < 4.78 is 52.4. The number of amides is 1. The maximum absolute atomic E-state index is 14.0. The standard InChI is InChI=1S/C26H25FN2O6S/c1-17-6-5-7-21(14-17)36(32,33)28-19-12-10-18(11-13-19)25(30)29-16-20(15-23(29)26(31)34-2)35-24-9-4-3-8-22(24)27/h3-14,20,23,28H,15-16H2,1-2H3. The third kappa shape index (κ3) is 5.49. The lowest BCUT2D eigenvalue weighted by atomic mass is 10.1. The number of methoxy groups -OCH3 is 1. The van der Waals surface area contributed by atoms with E-state index in [1.807, 2.05) is 0 Å². The zero-order valence-electron chi connectivity index (χ0n) is 19.7. The van der Waals surface area contributed by atoms with Gasteiger partial charge < -0.3 is 14.4 Å². The minimum Gasteiger partial charge on any atom is -0.485 e. The molecule has 1 amide bonds. The molecule has 0 spiro atoms. The molecule has 2 unspecified atom stereocenters. The summed E-state index contributed by atoms with van der Waals surface area (Å²) >= 11 is 0. The fraction of sp³-hybridized carbons (Fsp3) is 0.231. The number of benzene rings is 3. The van der Waals surface area contributed by atoms with E-state index in [-0.39, 0.29) is 34.9 Å². The zero-order valence-corrected chi connectivity index (χ0v) is 20.5. The molecule has 8 nitrogen and oxygen atoms in total. The number of rotatable bonds is 7. The third-order valence-electron chi connectivity index (χ3n) is 5.81. The van der Waals surface area contributed by atoms with Crippen LogP contribution in [0.5, 0.6) is 5.75 Å². The van der Waals surface area contributed by atoms with E-state index in [1.54, 1.807) is 31.2 Å². The van der Waals surface area contributed by atoms with E-state index < -0.39 is 39.9 Å². The molecule has 4 rings (SSSR count). The van der Waals surface area contributed by atoms with Gasteiger partial charge in [0.25, 0.3) is 15.9 Å². The van der Waals surface area contributed by atoms with Crippen LogP contribution in [0.4, 0.5) is 10.1 Å². The lowest BCUT2D eigenvalue weighted by molar-refractivity contribution is -0.145. The van der Waals surface area contributed by atoms with Crippen LogP contribution in [0.15, 0.2) is 77.7 Å². The number of aryl methyl sites for hydroxylation is 1. The third-order valence-corrected chi connectivity index (χ3v) is 7.19. The van der Waals surface area contributed by atoms with Gasteiger partial charge in [0.05, 0.1) is 18.6 Å². The highest BCUT2D eigenvalue weighted by atomic mass is 32.2. The predicted octanol–water partition coefficient (Wildman–Crippen LogP) is 3.77. The Kier molecular flexibility index (Phi) is 7.25. The topological polar surface area (TPSA) is 102 Å². The van der Waals surface area contributed by atoms with E-state index in [0.717, 1.165) is 5.56 Å². The maximum Gasteiger partial charge on any atom is 0.328 e. The van der Waals surface area contributed by atoms with Crippen LogP contribution in [0.3, 0.4) is 0 Å². The Morgan fingerprint density at radius 3 is 2.42 bits per heavy atom. The molecule has 1 fully saturated rings. The van der Waals surface area contributed by atoms with E-state index in [0.29, 0.717) is 0 Å².